The van der Waals surface area contributed by atoms with Crippen LogP contribution in [0.15, 0.2) is 11.7 Å². The average molecular weight is 321 g/mol. The zero-order valence-corrected chi connectivity index (χ0v) is 13.4. The predicted octanol–water partition coefficient (Wildman–Crippen LogP) is 2.95. The number of nitrogens with one attached hydrogen (secondary N) is 2. The van der Waals surface area contributed by atoms with Crippen LogP contribution in [0.1, 0.15) is 38.6 Å². The maximum atomic E-state index is 13.7. The Bertz CT molecular complexity index is 447. The Balaban J connectivity index is 2.35. The summed E-state index contributed by atoms with van der Waals surface area (Å²) in [7, 11) is 0. The number of carbonyl (C=O) groups is 1. The van der Waals surface area contributed by atoms with Gasteiger partial charge in [-0.3, -0.25) is 4.98 Å². The lowest BCUT2D eigenvalue weighted by molar-refractivity contribution is -0.00518. The fraction of sp³-hybridized carbons (Fsp3) is 0.692. The molecule has 8 heteroatoms. The molecule has 1 heterocycles. The molecule has 0 aliphatic heterocycles. The van der Waals surface area contributed by atoms with E-state index >= 15 is 0 Å². The van der Waals surface area contributed by atoms with Gasteiger partial charge in [-0.15, -0.1) is 11.3 Å². The number of rotatable bonds is 6. The van der Waals surface area contributed by atoms with E-state index in [0.717, 1.165) is 4.88 Å². The lowest BCUT2D eigenvalue weighted by atomic mass is 10.2. The van der Waals surface area contributed by atoms with Gasteiger partial charge in [0.15, 0.2) is 0 Å². The van der Waals surface area contributed by atoms with E-state index < -0.39 is 30.7 Å². The van der Waals surface area contributed by atoms with E-state index in [0.29, 0.717) is 0 Å². The summed E-state index contributed by atoms with van der Waals surface area (Å²) < 4.78 is 32.3. The Kier molecular flexibility index (Phi) is 6.03. The number of aromatic nitrogens is 1. The fourth-order valence-corrected chi connectivity index (χ4v) is 2.07. The van der Waals surface area contributed by atoms with Gasteiger partial charge in [0, 0.05) is 17.1 Å². The summed E-state index contributed by atoms with van der Waals surface area (Å²) in [6.45, 7) is 5.48. The van der Waals surface area contributed by atoms with Crippen molar-refractivity contribution in [3.63, 3.8) is 0 Å². The van der Waals surface area contributed by atoms with Crippen molar-refractivity contribution in [1.82, 2.24) is 15.6 Å². The number of halogens is 2. The maximum Gasteiger partial charge on any atom is 0.407 e. The Morgan fingerprint density at radius 1 is 1.43 bits per heavy atom. The first kappa shape index (κ1) is 17.8. The van der Waals surface area contributed by atoms with Gasteiger partial charge < -0.3 is 15.4 Å². The molecular formula is C13H21F2N3O2S. The molecule has 0 fully saturated rings. The summed E-state index contributed by atoms with van der Waals surface area (Å²) in [5.74, 6) is -3.06. The molecule has 1 rings (SSSR count). The molecule has 1 unspecified atom stereocenters. The van der Waals surface area contributed by atoms with Crippen molar-refractivity contribution in [2.24, 2.45) is 0 Å². The van der Waals surface area contributed by atoms with Crippen LogP contribution in [0.4, 0.5) is 13.6 Å². The third-order valence-corrected chi connectivity index (χ3v) is 3.39. The maximum absolute atomic E-state index is 13.7. The molecule has 21 heavy (non-hydrogen) atoms. The van der Waals surface area contributed by atoms with Crippen molar-refractivity contribution < 1.29 is 18.3 Å². The van der Waals surface area contributed by atoms with Crippen LogP contribution in [0.3, 0.4) is 0 Å². The smallest absolute Gasteiger partial charge is 0.407 e. The van der Waals surface area contributed by atoms with Crippen molar-refractivity contribution >= 4 is 17.4 Å². The average Bonchev–Trinajstić information content (AvgIpc) is 2.85. The zero-order valence-electron chi connectivity index (χ0n) is 12.6. The van der Waals surface area contributed by atoms with Gasteiger partial charge in [0.2, 0.25) is 0 Å². The second-order valence-corrected chi connectivity index (χ2v) is 6.64. The Labute approximate surface area is 127 Å². The van der Waals surface area contributed by atoms with E-state index in [-0.39, 0.29) is 6.04 Å². The molecule has 0 radical (unpaired) electrons. The third-order valence-electron chi connectivity index (χ3n) is 2.44. The molecular weight excluding hydrogens is 300 g/mol. The molecule has 0 aromatic carbocycles. The lowest BCUT2D eigenvalue weighted by Crippen LogP contribution is -2.45. The number of hydrogen-bond donors (Lipinski definition) is 2. The number of hydrogen-bond acceptors (Lipinski definition) is 5. The van der Waals surface area contributed by atoms with Gasteiger partial charge in [-0.1, -0.05) is 0 Å². The minimum absolute atomic E-state index is 0.218. The lowest BCUT2D eigenvalue weighted by Gasteiger charge is -2.23. The van der Waals surface area contributed by atoms with E-state index in [9.17, 15) is 13.6 Å². The van der Waals surface area contributed by atoms with Crippen LogP contribution in [0.25, 0.3) is 0 Å². The summed E-state index contributed by atoms with van der Waals surface area (Å²) >= 11 is 1.40. The van der Waals surface area contributed by atoms with E-state index in [4.69, 9.17) is 4.74 Å². The molecule has 0 bridgehead atoms. The number of nitrogens with zero attached hydrogens (tertiary/aromatic N) is 1. The largest absolute Gasteiger partial charge is 0.444 e. The fourth-order valence-electron chi connectivity index (χ4n) is 1.42. The van der Waals surface area contributed by atoms with Crippen molar-refractivity contribution in [1.29, 1.82) is 0 Å². The Morgan fingerprint density at radius 3 is 2.62 bits per heavy atom. The molecule has 1 aromatic rings. The number of ether oxygens (including phenoxy) is 1. The third kappa shape index (κ3) is 7.33. The molecule has 2 N–H and O–H groups in total. The minimum Gasteiger partial charge on any atom is -0.444 e. The van der Waals surface area contributed by atoms with Crippen LogP contribution < -0.4 is 10.6 Å². The van der Waals surface area contributed by atoms with Crippen molar-refractivity contribution in [3.8, 4) is 0 Å². The van der Waals surface area contributed by atoms with E-state index in [1.54, 1.807) is 39.4 Å². The van der Waals surface area contributed by atoms with Crippen LogP contribution >= 0.6 is 11.3 Å². The highest BCUT2D eigenvalue weighted by molar-refractivity contribution is 7.09. The van der Waals surface area contributed by atoms with Gasteiger partial charge in [-0.2, -0.15) is 0 Å². The van der Waals surface area contributed by atoms with Gasteiger partial charge in [0.05, 0.1) is 18.6 Å². The Morgan fingerprint density at radius 2 is 2.10 bits per heavy atom. The van der Waals surface area contributed by atoms with Gasteiger partial charge >= 0.3 is 6.09 Å². The molecule has 0 saturated heterocycles. The molecule has 120 valence electrons. The summed E-state index contributed by atoms with van der Waals surface area (Å²) in [6.07, 6.45) is 0.789. The van der Waals surface area contributed by atoms with Crippen LogP contribution in [0, 0.1) is 0 Å². The number of alkyl carbamates (subject to hydrolysis) is 1. The van der Waals surface area contributed by atoms with Crippen LogP contribution in [-0.2, 0) is 4.74 Å². The molecule has 1 atom stereocenters. The van der Waals surface area contributed by atoms with Crippen LogP contribution in [0.5, 0.6) is 0 Å². The molecule has 1 amide bonds. The Hall–Kier alpha value is -1.28. The second-order valence-electron chi connectivity index (χ2n) is 5.72. The highest BCUT2D eigenvalue weighted by atomic mass is 32.1. The minimum atomic E-state index is -3.06. The standard InChI is InChI=1S/C13H21F2N3O2S/c1-9(10-5-16-8-21-10)17-6-13(14,15)7-18-11(19)20-12(2,3)4/h5,8-9,17H,6-7H2,1-4H3,(H,18,19). The quantitative estimate of drug-likeness (QED) is 0.845. The van der Waals surface area contributed by atoms with E-state index in [1.165, 1.54) is 11.3 Å². The number of alkyl halides is 2. The summed E-state index contributed by atoms with van der Waals surface area (Å²) in [5.41, 5.74) is 0.939. The highest BCUT2D eigenvalue weighted by Crippen LogP contribution is 2.18. The molecule has 0 spiro atoms. The van der Waals surface area contributed by atoms with Crippen molar-refractivity contribution in [3.05, 3.63) is 16.6 Å². The topological polar surface area (TPSA) is 63.2 Å². The van der Waals surface area contributed by atoms with E-state index in [2.05, 4.69) is 15.6 Å². The first-order valence-electron chi connectivity index (χ1n) is 6.55. The van der Waals surface area contributed by atoms with Crippen molar-refractivity contribution in [2.45, 2.75) is 45.3 Å². The second kappa shape index (κ2) is 7.13. The zero-order chi connectivity index (χ0) is 16.1. The summed E-state index contributed by atoms with van der Waals surface area (Å²) in [6, 6.07) is -0.218. The first-order valence-corrected chi connectivity index (χ1v) is 7.43. The van der Waals surface area contributed by atoms with Gasteiger partial charge in [-0.25, -0.2) is 13.6 Å². The SMILES string of the molecule is CC(NCC(F)(F)CNC(=O)OC(C)(C)C)c1cncs1. The summed E-state index contributed by atoms with van der Waals surface area (Å²) in [5, 5.41) is 4.80. The molecule has 0 saturated carbocycles. The first-order chi connectivity index (χ1) is 9.59. The normalized spacial score (nSPS) is 13.8. The molecule has 0 aliphatic rings. The summed E-state index contributed by atoms with van der Waals surface area (Å²) in [4.78, 5) is 16.1. The molecule has 5 nitrogen and oxygen atoms in total. The van der Waals surface area contributed by atoms with E-state index in [1.807, 2.05) is 0 Å². The predicted molar refractivity (Wildman–Crippen MR) is 77.7 cm³/mol. The van der Waals surface area contributed by atoms with Gasteiger partial charge in [0.1, 0.15) is 5.60 Å². The monoisotopic (exact) mass is 321 g/mol. The van der Waals surface area contributed by atoms with Gasteiger partial charge in [-0.05, 0) is 27.7 Å². The highest BCUT2D eigenvalue weighted by Gasteiger charge is 2.31. The number of carbonyl (C=O) groups excluding carboxylic acids is 1. The number of amides is 1. The molecule has 1 aromatic heterocycles. The van der Waals surface area contributed by atoms with Crippen LogP contribution in [0.2, 0.25) is 0 Å². The molecule has 0 aliphatic carbocycles. The van der Waals surface area contributed by atoms with Crippen molar-refractivity contribution in [2.75, 3.05) is 13.1 Å². The van der Waals surface area contributed by atoms with Crippen LogP contribution in [-0.4, -0.2) is 35.7 Å². The number of thiazole rings is 1. The van der Waals surface area contributed by atoms with Gasteiger partial charge in [0.25, 0.3) is 5.92 Å².